The van der Waals surface area contributed by atoms with Gasteiger partial charge in [-0.15, -0.1) is 11.1 Å². The van der Waals surface area contributed by atoms with E-state index in [0.717, 1.165) is 13.0 Å². The Balaban J connectivity index is 2.28. The molecule has 1 rings (SSSR count). The van der Waals surface area contributed by atoms with Crippen LogP contribution in [-0.2, 0) is 4.43 Å². The molecule has 1 saturated heterocycles. The summed E-state index contributed by atoms with van der Waals surface area (Å²) in [5.74, 6) is 0. The molecule has 1 fully saturated rings. The highest BCUT2D eigenvalue weighted by Crippen LogP contribution is 2.15. The quantitative estimate of drug-likeness (QED) is 0.404. The van der Waals surface area contributed by atoms with Crippen LogP contribution < -0.4 is 0 Å². The summed E-state index contributed by atoms with van der Waals surface area (Å²) in [4.78, 5) is 0. The highest BCUT2D eigenvalue weighted by molar-refractivity contribution is 7.54. The Kier molecular flexibility index (Phi) is 2.85. The lowest BCUT2D eigenvalue weighted by molar-refractivity contribution is 0.331. The second-order valence-electron chi connectivity index (χ2n) is 1.88. The first-order valence-corrected chi connectivity index (χ1v) is 10.1. The molecule has 48 valence electrons. The van der Waals surface area contributed by atoms with Gasteiger partial charge < -0.3 is 4.43 Å². The van der Waals surface area contributed by atoms with Crippen LogP contribution in [0.5, 0.6) is 0 Å². The van der Waals surface area contributed by atoms with Crippen molar-refractivity contribution < 1.29 is 4.43 Å². The van der Waals surface area contributed by atoms with Crippen molar-refractivity contribution in [3.63, 3.8) is 0 Å². The van der Waals surface area contributed by atoms with Crippen molar-refractivity contribution in [2.45, 2.75) is 12.5 Å². The summed E-state index contributed by atoms with van der Waals surface area (Å²) in [6, 6.07) is 1.18. The van der Waals surface area contributed by atoms with E-state index in [1.165, 1.54) is 6.04 Å². The van der Waals surface area contributed by atoms with Crippen LogP contribution in [0.4, 0.5) is 0 Å². The standard InChI is InChI=1S/C3H8Cl2OSi2/c4-7-3-1-2-6-8(7)5/h7-8H,1-3H2. The molecule has 0 aromatic rings. The van der Waals surface area contributed by atoms with E-state index < -0.39 is 15.5 Å². The third-order valence-electron chi connectivity index (χ3n) is 1.19. The molecule has 1 heterocycles. The van der Waals surface area contributed by atoms with Crippen molar-refractivity contribution in [3.05, 3.63) is 0 Å². The summed E-state index contributed by atoms with van der Waals surface area (Å²) in [5.41, 5.74) is 0. The zero-order valence-electron chi connectivity index (χ0n) is 4.44. The van der Waals surface area contributed by atoms with Crippen LogP contribution in [0.25, 0.3) is 0 Å². The predicted octanol–water partition coefficient (Wildman–Crippen LogP) is 0.907. The first kappa shape index (κ1) is 7.09. The largest absolute Gasteiger partial charge is 0.407 e. The van der Waals surface area contributed by atoms with Gasteiger partial charge in [-0.3, -0.25) is 0 Å². The number of hydrogen-bond donors (Lipinski definition) is 0. The van der Waals surface area contributed by atoms with Gasteiger partial charge in [0.1, 0.15) is 0 Å². The molecule has 0 aromatic heterocycles. The van der Waals surface area contributed by atoms with Crippen LogP contribution in [0.3, 0.4) is 0 Å². The molecular formula is C3H8Cl2OSi2. The smallest absolute Gasteiger partial charge is 0.272 e. The Morgan fingerprint density at radius 1 is 1.38 bits per heavy atom. The van der Waals surface area contributed by atoms with E-state index in [9.17, 15) is 0 Å². The molecule has 1 nitrogen and oxygen atoms in total. The molecule has 0 bridgehead atoms. The van der Waals surface area contributed by atoms with Gasteiger partial charge in [0, 0.05) is 6.61 Å². The van der Waals surface area contributed by atoms with E-state index in [0.29, 0.717) is 0 Å². The lowest BCUT2D eigenvalue weighted by Crippen LogP contribution is -2.33. The Bertz CT molecular complexity index is 71.7. The van der Waals surface area contributed by atoms with Gasteiger partial charge in [0.15, 0.2) is 7.62 Å². The van der Waals surface area contributed by atoms with Crippen LogP contribution >= 0.6 is 22.2 Å². The lowest BCUT2D eigenvalue weighted by atomic mass is 10.5. The topological polar surface area (TPSA) is 9.23 Å². The van der Waals surface area contributed by atoms with Gasteiger partial charge >= 0.3 is 0 Å². The van der Waals surface area contributed by atoms with Crippen molar-refractivity contribution in [2.75, 3.05) is 6.61 Å². The van der Waals surface area contributed by atoms with Gasteiger partial charge in [-0.25, -0.2) is 0 Å². The first-order valence-electron chi connectivity index (χ1n) is 2.70. The van der Waals surface area contributed by atoms with Gasteiger partial charge in [0.2, 0.25) is 0 Å². The van der Waals surface area contributed by atoms with Crippen molar-refractivity contribution >= 4 is 37.6 Å². The zero-order chi connectivity index (χ0) is 5.98. The van der Waals surface area contributed by atoms with E-state index in [2.05, 4.69) is 0 Å². The van der Waals surface area contributed by atoms with Crippen LogP contribution in [0.15, 0.2) is 0 Å². The minimum absolute atomic E-state index is 0.858. The SMILES string of the molecule is Cl[SiH]1CCCO[SiH]1Cl. The van der Waals surface area contributed by atoms with E-state index in [-0.39, 0.29) is 0 Å². The number of hydrogen-bond acceptors (Lipinski definition) is 1. The predicted molar refractivity (Wildman–Crippen MR) is 41.4 cm³/mol. The maximum atomic E-state index is 5.91. The Morgan fingerprint density at radius 3 is 2.50 bits per heavy atom. The minimum Gasteiger partial charge on any atom is -0.407 e. The molecule has 0 spiro atoms. The molecule has 2 atom stereocenters. The lowest BCUT2D eigenvalue weighted by Gasteiger charge is -2.18. The summed E-state index contributed by atoms with van der Waals surface area (Å²) >= 11 is 11.7. The van der Waals surface area contributed by atoms with Gasteiger partial charge in [0.25, 0.3) is 7.87 Å². The first-order chi connectivity index (χ1) is 3.80. The third kappa shape index (κ3) is 1.74. The van der Waals surface area contributed by atoms with Gasteiger partial charge in [-0.1, -0.05) is 0 Å². The van der Waals surface area contributed by atoms with Crippen LogP contribution in [0.1, 0.15) is 6.42 Å². The molecule has 0 aliphatic carbocycles. The van der Waals surface area contributed by atoms with Crippen molar-refractivity contribution in [1.29, 1.82) is 0 Å². The van der Waals surface area contributed by atoms with Gasteiger partial charge in [-0.2, -0.15) is 11.1 Å². The second-order valence-corrected chi connectivity index (χ2v) is 14.3. The average Bonchev–Trinajstić information content (AvgIpc) is 1.77. The van der Waals surface area contributed by atoms with E-state index in [4.69, 9.17) is 26.6 Å². The minimum atomic E-state index is -1.31. The van der Waals surface area contributed by atoms with Crippen molar-refractivity contribution in [3.8, 4) is 0 Å². The molecule has 0 amide bonds. The van der Waals surface area contributed by atoms with Crippen molar-refractivity contribution in [2.24, 2.45) is 0 Å². The summed E-state index contributed by atoms with van der Waals surface area (Å²) in [6.45, 7) is 0.858. The average molecular weight is 187 g/mol. The molecule has 0 N–H and O–H groups in total. The Labute approximate surface area is 61.5 Å². The third-order valence-corrected chi connectivity index (χ3v) is 13.5. The van der Waals surface area contributed by atoms with Crippen LogP contribution in [-0.4, -0.2) is 22.1 Å². The maximum absolute atomic E-state index is 5.91. The summed E-state index contributed by atoms with van der Waals surface area (Å²) in [5, 5.41) is 0. The normalized spacial score (nSPS) is 39.8. The molecule has 8 heavy (non-hydrogen) atoms. The summed E-state index contributed by atoms with van der Waals surface area (Å²) in [6.07, 6.45) is 1.14. The second kappa shape index (κ2) is 3.22. The zero-order valence-corrected chi connectivity index (χ0v) is 8.26. The Hall–Kier alpha value is 0.974. The number of rotatable bonds is 0. The molecule has 0 aromatic carbocycles. The number of halogens is 2. The summed E-state index contributed by atoms with van der Waals surface area (Å²) < 4.78 is 5.22. The van der Waals surface area contributed by atoms with Gasteiger partial charge in [-0.05, 0) is 12.5 Å². The molecule has 5 heteroatoms. The molecular weight excluding hydrogens is 179 g/mol. The van der Waals surface area contributed by atoms with E-state index in [1.807, 2.05) is 0 Å². The summed E-state index contributed by atoms with van der Waals surface area (Å²) in [7, 11) is -2.35. The molecule has 1 aliphatic heterocycles. The highest BCUT2D eigenvalue weighted by atomic mass is 35.6. The fourth-order valence-electron chi connectivity index (χ4n) is 0.710. The van der Waals surface area contributed by atoms with Gasteiger partial charge in [0.05, 0.1) is 0 Å². The fourth-order valence-corrected chi connectivity index (χ4v) is 7.18. The molecule has 0 radical (unpaired) electrons. The molecule has 0 saturated carbocycles. The van der Waals surface area contributed by atoms with E-state index in [1.54, 1.807) is 0 Å². The Morgan fingerprint density at radius 2 is 2.12 bits per heavy atom. The molecule has 2 unspecified atom stereocenters. The highest BCUT2D eigenvalue weighted by Gasteiger charge is 2.25. The monoisotopic (exact) mass is 186 g/mol. The molecule has 1 aliphatic rings. The fraction of sp³-hybridized carbons (Fsp3) is 1.00. The van der Waals surface area contributed by atoms with E-state index >= 15 is 0 Å². The van der Waals surface area contributed by atoms with Crippen LogP contribution in [0, 0.1) is 0 Å². The van der Waals surface area contributed by atoms with Crippen LogP contribution in [0.2, 0.25) is 6.04 Å². The maximum Gasteiger partial charge on any atom is 0.272 e. The van der Waals surface area contributed by atoms with Crippen molar-refractivity contribution in [1.82, 2.24) is 0 Å².